The summed E-state index contributed by atoms with van der Waals surface area (Å²) in [6, 6.07) is 4.15. The van der Waals surface area contributed by atoms with Gasteiger partial charge in [0, 0.05) is 38.0 Å². The van der Waals surface area contributed by atoms with E-state index in [1.807, 2.05) is 12.3 Å². The largest absolute Gasteiger partial charge is 0.385 e. The molecule has 0 radical (unpaired) electrons. The van der Waals surface area contributed by atoms with Crippen molar-refractivity contribution in [2.45, 2.75) is 26.3 Å². The van der Waals surface area contributed by atoms with Gasteiger partial charge < -0.3 is 9.30 Å². The van der Waals surface area contributed by atoms with Crippen LogP contribution < -0.4 is 0 Å². The van der Waals surface area contributed by atoms with Crippen molar-refractivity contribution in [2.24, 2.45) is 0 Å². The monoisotopic (exact) mass is 218 g/mol. The normalized spacial score (nSPS) is 11.1. The van der Waals surface area contributed by atoms with Crippen LogP contribution in [0.5, 0.6) is 0 Å². The fraction of sp³-hybridized carbons (Fsp3) is 0.462. The topological polar surface area (TPSA) is 27.1 Å². The third-order valence-electron chi connectivity index (χ3n) is 2.84. The van der Waals surface area contributed by atoms with Crippen LogP contribution in [0.1, 0.15) is 18.9 Å². The summed E-state index contributed by atoms with van der Waals surface area (Å²) >= 11 is 0. The van der Waals surface area contributed by atoms with E-state index in [1.165, 1.54) is 10.9 Å². The van der Waals surface area contributed by atoms with Gasteiger partial charge in [-0.3, -0.25) is 0 Å². The Balaban J connectivity index is 2.30. The molecule has 0 saturated carbocycles. The summed E-state index contributed by atoms with van der Waals surface area (Å²) in [5.41, 5.74) is 2.47. The summed E-state index contributed by atoms with van der Waals surface area (Å²) in [7, 11) is 1.74. The third-order valence-corrected chi connectivity index (χ3v) is 2.84. The molecule has 86 valence electrons. The second-order valence-electron chi connectivity index (χ2n) is 3.92. The SMILES string of the molecule is CCc1cn(CCCOC)c2ncccc12. The maximum Gasteiger partial charge on any atom is 0.140 e. The predicted molar refractivity (Wildman–Crippen MR) is 65.6 cm³/mol. The van der Waals surface area contributed by atoms with E-state index >= 15 is 0 Å². The standard InChI is InChI=1S/C13H18N2O/c1-3-11-10-15(8-5-9-16-2)13-12(11)6-4-7-14-13/h4,6-7,10H,3,5,8-9H2,1-2H3. The first-order valence-electron chi connectivity index (χ1n) is 5.78. The van der Waals surface area contributed by atoms with Gasteiger partial charge in [0.05, 0.1) is 0 Å². The second kappa shape index (κ2) is 5.12. The highest BCUT2D eigenvalue weighted by atomic mass is 16.5. The number of fused-ring (bicyclic) bond motifs is 1. The average Bonchev–Trinajstić information content (AvgIpc) is 2.68. The Labute approximate surface area is 96.1 Å². The highest BCUT2D eigenvalue weighted by Crippen LogP contribution is 2.19. The number of pyridine rings is 1. The molecule has 0 aromatic carbocycles. The molecule has 0 aliphatic rings. The fourth-order valence-corrected chi connectivity index (χ4v) is 2.03. The van der Waals surface area contributed by atoms with Gasteiger partial charge in [-0.2, -0.15) is 0 Å². The average molecular weight is 218 g/mol. The van der Waals surface area contributed by atoms with Gasteiger partial charge in [0.1, 0.15) is 5.65 Å². The van der Waals surface area contributed by atoms with Gasteiger partial charge in [-0.1, -0.05) is 6.92 Å². The molecule has 0 aliphatic heterocycles. The van der Waals surface area contributed by atoms with Crippen LogP contribution in [0.25, 0.3) is 11.0 Å². The minimum atomic E-state index is 0.800. The fourth-order valence-electron chi connectivity index (χ4n) is 2.03. The van der Waals surface area contributed by atoms with Gasteiger partial charge in [-0.15, -0.1) is 0 Å². The molecule has 2 aromatic heterocycles. The van der Waals surface area contributed by atoms with Gasteiger partial charge in [0.25, 0.3) is 0 Å². The first kappa shape index (κ1) is 11.1. The van der Waals surface area contributed by atoms with Crippen LogP contribution in [-0.2, 0) is 17.7 Å². The van der Waals surface area contributed by atoms with Crippen molar-refractivity contribution < 1.29 is 4.74 Å². The smallest absolute Gasteiger partial charge is 0.140 e. The molecule has 0 unspecified atom stereocenters. The molecule has 2 rings (SSSR count). The molecule has 0 N–H and O–H groups in total. The molecular formula is C13H18N2O. The van der Waals surface area contributed by atoms with Gasteiger partial charge in [-0.05, 0) is 30.5 Å². The summed E-state index contributed by atoms with van der Waals surface area (Å²) in [6.45, 7) is 3.95. The van der Waals surface area contributed by atoms with Gasteiger partial charge in [0.2, 0.25) is 0 Å². The molecule has 0 bridgehead atoms. The molecular weight excluding hydrogens is 200 g/mol. The maximum atomic E-state index is 5.08. The Hall–Kier alpha value is -1.35. The predicted octanol–water partition coefficient (Wildman–Crippen LogP) is 2.64. The van der Waals surface area contributed by atoms with Crippen molar-refractivity contribution in [2.75, 3.05) is 13.7 Å². The summed E-state index contributed by atoms with van der Waals surface area (Å²) < 4.78 is 7.30. The maximum absolute atomic E-state index is 5.08. The van der Waals surface area contributed by atoms with Crippen LogP contribution >= 0.6 is 0 Å². The number of aromatic nitrogens is 2. The van der Waals surface area contributed by atoms with E-state index in [4.69, 9.17) is 4.74 Å². The van der Waals surface area contributed by atoms with Crippen LogP contribution in [0, 0.1) is 0 Å². The van der Waals surface area contributed by atoms with E-state index in [0.717, 1.165) is 31.6 Å². The number of rotatable bonds is 5. The Morgan fingerprint density at radius 3 is 3.06 bits per heavy atom. The van der Waals surface area contributed by atoms with Gasteiger partial charge >= 0.3 is 0 Å². The Morgan fingerprint density at radius 1 is 1.44 bits per heavy atom. The first-order valence-corrected chi connectivity index (χ1v) is 5.78. The molecule has 0 saturated heterocycles. The number of hydrogen-bond donors (Lipinski definition) is 0. The van der Waals surface area contributed by atoms with Crippen molar-refractivity contribution in [1.29, 1.82) is 0 Å². The van der Waals surface area contributed by atoms with E-state index in [9.17, 15) is 0 Å². The van der Waals surface area contributed by atoms with Gasteiger partial charge in [0.15, 0.2) is 0 Å². The van der Waals surface area contributed by atoms with E-state index in [1.54, 1.807) is 7.11 Å². The zero-order valence-electron chi connectivity index (χ0n) is 9.94. The van der Waals surface area contributed by atoms with Crippen molar-refractivity contribution in [1.82, 2.24) is 9.55 Å². The number of ether oxygens (including phenoxy) is 1. The highest BCUT2D eigenvalue weighted by molar-refractivity contribution is 5.80. The molecule has 2 heterocycles. The number of nitrogens with zero attached hydrogens (tertiary/aromatic N) is 2. The van der Waals surface area contributed by atoms with Crippen molar-refractivity contribution >= 4 is 11.0 Å². The Bertz CT molecular complexity index is 462. The lowest BCUT2D eigenvalue weighted by atomic mass is 10.2. The minimum Gasteiger partial charge on any atom is -0.385 e. The van der Waals surface area contributed by atoms with Crippen LogP contribution in [0.15, 0.2) is 24.5 Å². The molecule has 16 heavy (non-hydrogen) atoms. The molecule has 0 spiro atoms. The number of aryl methyl sites for hydroxylation is 2. The van der Waals surface area contributed by atoms with Gasteiger partial charge in [-0.25, -0.2) is 4.98 Å². The Kier molecular flexibility index (Phi) is 3.57. The first-order chi connectivity index (χ1) is 7.86. The van der Waals surface area contributed by atoms with Crippen LogP contribution in [-0.4, -0.2) is 23.3 Å². The molecule has 0 aliphatic carbocycles. The van der Waals surface area contributed by atoms with E-state index in [2.05, 4.69) is 28.7 Å². The molecule has 3 heteroatoms. The van der Waals surface area contributed by atoms with E-state index in [0.29, 0.717) is 0 Å². The second-order valence-corrected chi connectivity index (χ2v) is 3.92. The molecule has 0 atom stereocenters. The van der Waals surface area contributed by atoms with Crippen LogP contribution in [0.4, 0.5) is 0 Å². The number of hydrogen-bond acceptors (Lipinski definition) is 2. The summed E-state index contributed by atoms with van der Waals surface area (Å²) in [6.07, 6.45) is 6.15. The lowest BCUT2D eigenvalue weighted by Crippen LogP contribution is -2.00. The molecule has 3 nitrogen and oxygen atoms in total. The molecule has 0 fully saturated rings. The summed E-state index contributed by atoms with van der Waals surface area (Å²) in [4.78, 5) is 4.45. The quantitative estimate of drug-likeness (QED) is 0.721. The third kappa shape index (κ3) is 2.09. The van der Waals surface area contributed by atoms with Crippen molar-refractivity contribution in [3.63, 3.8) is 0 Å². The number of methoxy groups -OCH3 is 1. The molecule has 0 amide bonds. The Morgan fingerprint density at radius 2 is 2.31 bits per heavy atom. The van der Waals surface area contributed by atoms with Crippen LogP contribution in [0.2, 0.25) is 0 Å². The minimum absolute atomic E-state index is 0.800. The van der Waals surface area contributed by atoms with Crippen LogP contribution in [0.3, 0.4) is 0 Å². The van der Waals surface area contributed by atoms with Crippen molar-refractivity contribution in [3.05, 3.63) is 30.1 Å². The summed E-state index contributed by atoms with van der Waals surface area (Å²) in [5.74, 6) is 0. The lowest BCUT2D eigenvalue weighted by molar-refractivity contribution is 0.190. The zero-order chi connectivity index (χ0) is 11.4. The highest BCUT2D eigenvalue weighted by Gasteiger charge is 2.06. The summed E-state index contributed by atoms with van der Waals surface area (Å²) in [5, 5.41) is 1.28. The van der Waals surface area contributed by atoms with E-state index < -0.39 is 0 Å². The van der Waals surface area contributed by atoms with Crippen molar-refractivity contribution in [3.8, 4) is 0 Å². The molecule has 2 aromatic rings. The zero-order valence-corrected chi connectivity index (χ0v) is 9.94. The lowest BCUT2D eigenvalue weighted by Gasteiger charge is -2.03. The van der Waals surface area contributed by atoms with E-state index in [-0.39, 0.29) is 0 Å².